The highest BCUT2D eigenvalue weighted by atomic mass is 32.1. The van der Waals surface area contributed by atoms with Crippen LogP contribution in [0.15, 0.2) is 497 Å². The number of hydrogen-bond acceptors (Lipinski definition) is 7. The molecule has 3 aliphatic heterocycles. The number of benzene rings is 22. The summed E-state index contributed by atoms with van der Waals surface area (Å²) in [4.78, 5) is 15.4. The second kappa shape index (κ2) is 31.6. The molecule has 0 fully saturated rings. The van der Waals surface area contributed by atoms with E-state index in [0.717, 1.165) is 106 Å². The maximum atomic E-state index is 7.14. The molecule has 5 aromatic heterocycles. The number of hydrogen-bond donors (Lipinski definition) is 0. The lowest BCUT2D eigenvalue weighted by Gasteiger charge is -2.39. The summed E-state index contributed by atoms with van der Waals surface area (Å²) in [5.41, 5.74) is 33.7. The van der Waals surface area contributed by atoms with Crippen LogP contribution in [0, 0.1) is 0 Å². The Morgan fingerprint density at radius 3 is 0.938 bits per heavy atom. The van der Waals surface area contributed by atoms with E-state index < -0.39 is 16.2 Å². The van der Waals surface area contributed by atoms with Gasteiger partial charge in [0.05, 0.1) is 43.8 Å². The van der Waals surface area contributed by atoms with E-state index in [2.05, 4.69) is 450 Å². The Kier molecular flexibility index (Phi) is 17.7. The number of para-hydroxylation sites is 6. The summed E-state index contributed by atoms with van der Waals surface area (Å²) < 4.78 is 31.0. The van der Waals surface area contributed by atoms with Gasteiger partial charge in [0.15, 0.2) is 28.9 Å². The van der Waals surface area contributed by atoms with Crippen LogP contribution in [0.1, 0.15) is 66.8 Å². The molecule has 8 heterocycles. The molecule has 9 nitrogen and oxygen atoms in total. The van der Waals surface area contributed by atoms with E-state index in [-0.39, 0.29) is 0 Å². The van der Waals surface area contributed by atoms with E-state index in [1.807, 2.05) is 72.0 Å². The molecule has 0 bridgehead atoms. The topological polar surface area (TPSA) is 81.2 Å². The summed E-state index contributed by atoms with van der Waals surface area (Å²) in [7, 11) is 0. The van der Waals surface area contributed by atoms with Gasteiger partial charge in [-0.3, -0.25) is 4.57 Å². The van der Waals surface area contributed by atoms with Gasteiger partial charge in [0.1, 0.15) is 22.8 Å². The molecular weight excluding hydrogens is 1800 g/mol. The fraction of sp³-hybridized carbons (Fsp3) is 0.0221. The van der Waals surface area contributed by atoms with Gasteiger partial charge in [0, 0.05) is 108 Å². The largest absolute Gasteiger partial charge is 0.454 e. The third kappa shape index (κ3) is 11.4. The zero-order chi connectivity index (χ0) is 95.6. The maximum Gasteiger partial charge on any atom is 0.238 e. The number of rotatable bonds is 6. The third-order valence-electron chi connectivity index (χ3n) is 31.7. The summed E-state index contributed by atoms with van der Waals surface area (Å²) in [6, 6.07) is 179. The zero-order valence-corrected chi connectivity index (χ0v) is 79.5. The lowest BCUT2D eigenvalue weighted by Crippen LogP contribution is -2.32. The van der Waals surface area contributed by atoms with Gasteiger partial charge in [-0.2, -0.15) is 9.97 Å². The van der Waals surface area contributed by atoms with Crippen LogP contribution in [0.3, 0.4) is 0 Å². The summed E-state index contributed by atoms with van der Waals surface area (Å²) in [5, 5.41) is 12.1. The molecule has 10 heteroatoms. The van der Waals surface area contributed by atoms with Crippen LogP contribution in [-0.4, -0.2) is 28.7 Å². The number of ether oxygens (including phenoxy) is 3. The first-order valence-electron chi connectivity index (χ1n) is 49.9. The van der Waals surface area contributed by atoms with Crippen molar-refractivity contribution < 1.29 is 14.2 Å². The molecule has 6 aliphatic rings. The molecule has 0 atom stereocenters. The monoisotopic (exact) mass is 1880 g/mol. The SMILES string of the molecule is c1ccc(-c2nc(-c3ccccc3)nc(-n3c4ccccc4c4ccc5c(c43)Oc3ccccc3C53c4ccccc4-c4ccccc43)n2)cc1.c1ccc2c(c1)Oc1c(ccc3c4ccccc4n(-c4ccc(-c5cccc6ccccc56)cc4)c13)C21c2ccccc2-c2ccccc21.c1ccc2c(c1)Oc1c(ccc3c4ccccc4n(-c4ccc5sc6ccccc6c5c4)c13)C21c2ccccc2-c2ccccc21. The van der Waals surface area contributed by atoms with Gasteiger partial charge in [-0.05, 0) is 161 Å². The minimum Gasteiger partial charge on any atom is -0.454 e. The fourth-order valence-corrected chi connectivity index (χ4v) is 26.9. The predicted molar refractivity (Wildman–Crippen MR) is 595 cm³/mol. The van der Waals surface area contributed by atoms with Gasteiger partial charge in [-0.15, -0.1) is 11.3 Å². The maximum absolute atomic E-state index is 7.14. The van der Waals surface area contributed by atoms with E-state index >= 15 is 0 Å². The molecule has 0 saturated carbocycles. The average molecular weight is 1880 g/mol. The van der Waals surface area contributed by atoms with Gasteiger partial charge in [-0.25, -0.2) is 4.98 Å². The molecule has 0 unspecified atom stereocenters. The highest BCUT2D eigenvalue weighted by Crippen LogP contribution is 2.68. The molecule has 27 aromatic rings. The second-order valence-electron chi connectivity index (χ2n) is 38.8. The third-order valence-corrected chi connectivity index (χ3v) is 32.8. The molecule has 3 spiro atoms. The van der Waals surface area contributed by atoms with Gasteiger partial charge in [0.25, 0.3) is 0 Å². The van der Waals surface area contributed by atoms with Crippen LogP contribution >= 0.6 is 11.3 Å². The van der Waals surface area contributed by atoms with Crippen molar-refractivity contribution in [2.75, 3.05) is 0 Å². The smallest absolute Gasteiger partial charge is 0.238 e. The molecule has 680 valence electrons. The van der Waals surface area contributed by atoms with Crippen molar-refractivity contribution >= 4 is 108 Å². The molecule has 146 heavy (non-hydrogen) atoms. The Hall–Kier alpha value is -18.9. The molecule has 0 amide bonds. The Morgan fingerprint density at radius 1 is 0.192 bits per heavy atom. The van der Waals surface area contributed by atoms with Crippen molar-refractivity contribution in [3.8, 4) is 119 Å². The van der Waals surface area contributed by atoms with Gasteiger partial charge >= 0.3 is 0 Å². The zero-order valence-electron chi connectivity index (χ0n) is 78.7. The van der Waals surface area contributed by atoms with Gasteiger partial charge in [-0.1, -0.05) is 425 Å². The van der Waals surface area contributed by atoms with Crippen LogP contribution in [-0.2, 0) is 16.2 Å². The molecule has 0 saturated heterocycles. The van der Waals surface area contributed by atoms with E-state index in [9.17, 15) is 0 Å². The minimum atomic E-state index is -0.587. The number of thiophene rings is 1. The van der Waals surface area contributed by atoms with Crippen molar-refractivity contribution in [3.05, 3.63) is 564 Å². The van der Waals surface area contributed by atoms with Crippen molar-refractivity contribution in [1.29, 1.82) is 0 Å². The van der Waals surface area contributed by atoms with Gasteiger partial charge < -0.3 is 23.3 Å². The molecular formula is C136H82N6O3S. The predicted octanol–water partition coefficient (Wildman–Crippen LogP) is 34.5. The van der Waals surface area contributed by atoms with E-state index in [0.29, 0.717) is 17.6 Å². The normalized spacial score (nSPS) is 13.7. The number of nitrogens with zero attached hydrogens (tertiary/aromatic N) is 6. The van der Waals surface area contributed by atoms with Gasteiger partial charge in [0.2, 0.25) is 5.95 Å². The Labute approximate surface area is 844 Å². The quantitative estimate of drug-likeness (QED) is 0.165. The van der Waals surface area contributed by atoms with Crippen LogP contribution in [0.2, 0.25) is 0 Å². The number of aromatic nitrogens is 6. The molecule has 0 N–H and O–H groups in total. The van der Waals surface area contributed by atoms with Crippen molar-refractivity contribution in [2.24, 2.45) is 0 Å². The number of fused-ring (bicyclic) bond motifs is 43. The Bertz CT molecular complexity index is 10000. The van der Waals surface area contributed by atoms with E-state index in [4.69, 9.17) is 29.2 Å². The van der Waals surface area contributed by atoms with Crippen LogP contribution in [0.25, 0.3) is 181 Å². The second-order valence-corrected chi connectivity index (χ2v) is 39.8. The minimum absolute atomic E-state index is 0.500. The van der Waals surface area contributed by atoms with E-state index in [1.54, 1.807) is 0 Å². The first-order valence-corrected chi connectivity index (χ1v) is 50.7. The Balaban J connectivity index is 0.0000000996. The summed E-state index contributed by atoms with van der Waals surface area (Å²) in [6.45, 7) is 0. The van der Waals surface area contributed by atoms with Crippen molar-refractivity contribution in [3.63, 3.8) is 0 Å². The lowest BCUT2D eigenvalue weighted by molar-refractivity contribution is 0.440. The molecule has 3 aliphatic carbocycles. The summed E-state index contributed by atoms with van der Waals surface area (Å²) >= 11 is 1.86. The van der Waals surface area contributed by atoms with Crippen LogP contribution in [0.4, 0.5) is 0 Å². The van der Waals surface area contributed by atoms with Crippen molar-refractivity contribution in [2.45, 2.75) is 16.2 Å². The van der Waals surface area contributed by atoms with Crippen LogP contribution in [0.5, 0.6) is 34.5 Å². The van der Waals surface area contributed by atoms with Crippen molar-refractivity contribution in [1.82, 2.24) is 28.7 Å². The highest BCUT2D eigenvalue weighted by molar-refractivity contribution is 7.25. The standard InChI is InChI=1S/C47H29NO.C46H28N4O.C43H25NOS/c1-2-14-33-30(12-1)13-11-18-34(33)31-24-26-32(27-25-31)48-43-22-9-5-17-37(43)38-28-29-42-46(45(38)48)49-44-23-10-8-21-41(44)47(42)39-19-6-3-15-35(39)36-16-4-7-20-40(36)47;1-3-15-29(16-4-1)43-47-44(30-17-5-2-6-18-30)49-45(48-43)50-39-25-13-9-21-33(39)34-27-28-38-42(41(34)50)51-40-26-14-12-24-37(40)46(38)35-22-10-7-19-31(35)32-20-8-11-23-36(32)46;1-5-15-33-27(11-1)28-12-2-6-16-34(28)43(33)35-17-7-9-19-38(35)45-42-36(43)23-22-31-29-13-3-8-18-37(29)44(41(31)42)26-21-24-40-32(25-26)30-14-4-10-20-39(30)46-40/h1-29H;1-28H;1-25H. The van der Waals surface area contributed by atoms with Crippen LogP contribution < -0.4 is 14.2 Å². The highest BCUT2D eigenvalue weighted by Gasteiger charge is 2.56. The lowest BCUT2D eigenvalue weighted by atomic mass is 9.66. The summed E-state index contributed by atoms with van der Waals surface area (Å²) in [5.74, 6) is 7.04. The average Bonchev–Trinajstić information content (AvgIpc) is 1.50. The first kappa shape index (κ1) is 81.9. The first-order chi connectivity index (χ1) is 72.4. The Morgan fingerprint density at radius 2 is 0.507 bits per heavy atom. The fourth-order valence-electron chi connectivity index (χ4n) is 25.8. The molecule has 22 aromatic carbocycles. The molecule has 0 radical (unpaired) electrons. The molecule has 33 rings (SSSR count). The summed E-state index contributed by atoms with van der Waals surface area (Å²) in [6.07, 6.45) is 0. The van der Waals surface area contributed by atoms with E-state index in [1.165, 1.54) is 158 Å².